The summed E-state index contributed by atoms with van der Waals surface area (Å²) in [6.45, 7) is 0.535. The van der Waals surface area contributed by atoms with Gasteiger partial charge in [0.1, 0.15) is 5.75 Å². The number of hydrogen-bond donors (Lipinski definition) is 1. The molecule has 0 aromatic carbocycles. The number of nitrogens with two attached hydrogens (primary N) is 1. The smallest absolute Gasteiger partial charge is 0.137 e. The van der Waals surface area contributed by atoms with Crippen LogP contribution in [-0.2, 0) is 11.3 Å². The number of ether oxygens (including phenoxy) is 2. The summed E-state index contributed by atoms with van der Waals surface area (Å²) in [4.78, 5) is 8.76. The van der Waals surface area contributed by atoms with Gasteiger partial charge in [0.15, 0.2) is 0 Å². The molecule has 1 aliphatic carbocycles. The van der Waals surface area contributed by atoms with Gasteiger partial charge in [0.2, 0.25) is 0 Å². The van der Waals surface area contributed by atoms with Crippen molar-refractivity contribution in [2.24, 2.45) is 5.73 Å². The van der Waals surface area contributed by atoms with Crippen LogP contribution in [-0.4, -0.2) is 29.2 Å². The first-order valence-electron chi connectivity index (χ1n) is 7.07. The van der Waals surface area contributed by atoms with Crippen molar-refractivity contribution in [2.75, 3.05) is 7.11 Å². The fourth-order valence-electron chi connectivity index (χ4n) is 2.28. The summed E-state index contributed by atoms with van der Waals surface area (Å²) in [6, 6.07) is 8.10. The standard InChI is InChI=1S/C16H19N3O2/c1-20-14-4-5-16(19-9-14)11-2-3-13(18-8-11)10-21-15-6-12(17)7-15/h2-5,8-9,12,15H,6-7,10,17H2,1H3. The number of rotatable bonds is 5. The van der Waals surface area contributed by atoms with Crippen molar-refractivity contribution in [3.8, 4) is 17.0 Å². The summed E-state index contributed by atoms with van der Waals surface area (Å²) in [7, 11) is 1.63. The normalized spacial score (nSPS) is 20.9. The van der Waals surface area contributed by atoms with Crippen LogP contribution in [0.5, 0.6) is 5.75 Å². The van der Waals surface area contributed by atoms with Gasteiger partial charge >= 0.3 is 0 Å². The zero-order chi connectivity index (χ0) is 14.7. The zero-order valence-electron chi connectivity index (χ0n) is 12.0. The van der Waals surface area contributed by atoms with E-state index in [1.54, 1.807) is 13.3 Å². The molecule has 2 aromatic rings. The average molecular weight is 285 g/mol. The van der Waals surface area contributed by atoms with E-state index in [1.165, 1.54) is 0 Å². The topological polar surface area (TPSA) is 70.3 Å². The van der Waals surface area contributed by atoms with E-state index < -0.39 is 0 Å². The highest BCUT2D eigenvalue weighted by Crippen LogP contribution is 2.23. The molecule has 0 atom stereocenters. The molecule has 3 rings (SSSR count). The Morgan fingerprint density at radius 2 is 2.00 bits per heavy atom. The maximum absolute atomic E-state index is 5.74. The minimum atomic E-state index is 0.296. The Balaban J connectivity index is 1.60. The molecule has 2 heterocycles. The molecule has 110 valence electrons. The Labute approximate surface area is 124 Å². The van der Waals surface area contributed by atoms with Crippen LogP contribution in [0.3, 0.4) is 0 Å². The van der Waals surface area contributed by atoms with Gasteiger partial charge in [0, 0.05) is 17.8 Å². The molecule has 5 nitrogen and oxygen atoms in total. The largest absolute Gasteiger partial charge is 0.495 e. The first-order chi connectivity index (χ1) is 10.2. The van der Waals surface area contributed by atoms with Crippen LogP contribution < -0.4 is 10.5 Å². The molecular formula is C16H19N3O2. The second-order valence-electron chi connectivity index (χ2n) is 5.29. The van der Waals surface area contributed by atoms with Gasteiger partial charge in [-0.3, -0.25) is 9.97 Å². The molecule has 5 heteroatoms. The minimum absolute atomic E-state index is 0.296. The zero-order valence-corrected chi connectivity index (χ0v) is 12.0. The third-order valence-corrected chi connectivity index (χ3v) is 3.69. The quantitative estimate of drug-likeness (QED) is 0.911. The summed E-state index contributed by atoms with van der Waals surface area (Å²) in [5.74, 6) is 0.746. The molecule has 0 radical (unpaired) electrons. The van der Waals surface area contributed by atoms with Crippen molar-refractivity contribution < 1.29 is 9.47 Å². The van der Waals surface area contributed by atoms with Gasteiger partial charge < -0.3 is 15.2 Å². The maximum Gasteiger partial charge on any atom is 0.137 e. The van der Waals surface area contributed by atoms with E-state index in [0.717, 1.165) is 35.5 Å². The third-order valence-electron chi connectivity index (χ3n) is 3.69. The molecule has 0 unspecified atom stereocenters. The molecule has 0 aliphatic heterocycles. The number of aromatic nitrogens is 2. The molecular weight excluding hydrogens is 266 g/mol. The minimum Gasteiger partial charge on any atom is -0.495 e. The average Bonchev–Trinajstić information content (AvgIpc) is 2.51. The van der Waals surface area contributed by atoms with Gasteiger partial charge in [-0.25, -0.2) is 0 Å². The highest BCUT2D eigenvalue weighted by Gasteiger charge is 2.26. The summed E-state index contributed by atoms with van der Waals surface area (Å²) >= 11 is 0. The van der Waals surface area contributed by atoms with E-state index in [0.29, 0.717) is 18.8 Å². The predicted octanol–water partition coefficient (Wildman–Crippen LogP) is 2.16. The number of methoxy groups -OCH3 is 1. The van der Waals surface area contributed by atoms with Crippen molar-refractivity contribution in [3.05, 3.63) is 42.4 Å². The number of pyridine rings is 2. The second-order valence-corrected chi connectivity index (χ2v) is 5.29. The maximum atomic E-state index is 5.74. The SMILES string of the molecule is COc1ccc(-c2ccc(COC3CC(N)C3)nc2)nc1. The summed E-state index contributed by atoms with van der Waals surface area (Å²) in [6.07, 6.45) is 5.72. The summed E-state index contributed by atoms with van der Waals surface area (Å²) in [5.41, 5.74) is 8.51. The van der Waals surface area contributed by atoms with Gasteiger partial charge in [0.05, 0.1) is 37.4 Å². The monoisotopic (exact) mass is 285 g/mol. The lowest BCUT2D eigenvalue weighted by molar-refractivity contribution is -0.0201. The van der Waals surface area contributed by atoms with Crippen molar-refractivity contribution >= 4 is 0 Å². The van der Waals surface area contributed by atoms with E-state index in [-0.39, 0.29) is 0 Å². The lowest BCUT2D eigenvalue weighted by Gasteiger charge is -2.32. The second kappa shape index (κ2) is 6.20. The van der Waals surface area contributed by atoms with Crippen molar-refractivity contribution in [1.82, 2.24) is 9.97 Å². The van der Waals surface area contributed by atoms with Crippen molar-refractivity contribution in [1.29, 1.82) is 0 Å². The molecule has 2 N–H and O–H groups in total. The van der Waals surface area contributed by atoms with Crippen LogP contribution >= 0.6 is 0 Å². The fourth-order valence-corrected chi connectivity index (χ4v) is 2.28. The Hall–Kier alpha value is -1.98. The molecule has 1 saturated carbocycles. The van der Waals surface area contributed by atoms with Gasteiger partial charge in [-0.2, -0.15) is 0 Å². The number of nitrogens with zero attached hydrogens (tertiary/aromatic N) is 2. The third kappa shape index (κ3) is 3.37. The molecule has 0 saturated heterocycles. The lowest BCUT2D eigenvalue weighted by Crippen LogP contribution is -2.41. The molecule has 0 spiro atoms. The van der Waals surface area contributed by atoms with Gasteiger partial charge in [-0.15, -0.1) is 0 Å². The molecule has 21 heavy (non-hydrogen) atoms. The van der Waals surface area contributed by atoms with Crippen molar-refractivity contribution in [3.63, 3.8) is 0 Å². The highest BCUT2D eigenvalue weighted by atomic mass is 16.5. The van der Waals surface area contributed by atoms with Crippen molar-refractivity contribution in [2.45, 2.75) is 31.6 Å². The van der Waals surface area contributed by atoms with Gasteiger partial charge in [-0.05, 0) is 37.1 Å². The lowest BCUT2D eigenvalue weighted by atomic mass is 9.90. The molecule has 2 aromatic heterocycles. The van der Waals surface area contributed by atoms with E-state index in [1.807, 2.05) is 30.5 Å². The Morgan fingerprint density at radius 3 is 2.57 bits per heavy atom. The van der Waals surface area contributed by atoms with Crippen LogP contribution in [0, 0.1) is 0 Å². The summed E-state index contributed by atoms with van der Waals surface area (Å²) < 4.78 is 10.8. The Morgan fingerprint density at radius 1 is 1.14 bits per heavy atom. The molecule has 0 bridgehead atoms. The van der Waals surface area contributed by atoms with Gasteiger partial charge in [-0.1, -0.05) is 0 Å². The van der Waals surface area contributed by atoms with Crippen LogP contribution in [0.1, 0.15) is 18.5 Å². The Kier molecular flexibility index (Phi) is 4.13. The fraction of sp³-hybridized carbons (Fsp3) is 0.375. The van der Waals surface area contributed by atoms with Crippen LogP contribution in [0.4, 0.5) is 0 Å². The molecule has 1 fully saturated rings. The summed E-state index contributed by atoms with van der Waals surface area (Å²) in [5, 5.41) is 0. The van der Waals surface area contributed by atoms with Gasteiger partial charge in [0.25, 0.3) is 0 Å². The van der Waals surface area contributed by atoms with E-state index in [2.05, 4.69) is 9.97 Å². The molecule has 0 amide bonds. The van der Waals surface area contributed by atoms with E-state index in [4.69, 9.17) is 15.2 Å². The van der Waals surface area contributed by atoms with E-state index in [9.17, 15) is 0 Å². The first kappa shape index (κ1) is 14.0. The molecule has 1 aliphatic rings. The number of hydrogen-bond acceptors (Lipinski definition) is 5. The van der Waals surface area contributed by atoms with Crippen LogP contribution in [0.25, 0.3) is 11.3 Å². The Bertz CT molecular complexity index is 577. The highest BCUT2D eigenvalue weighted by molar-refractivity contribution is 5.58. The van der Waals surface area contributed by atoms with Crippen LogP contribution in [0.15, 0.2) is 36.7 Å². The van der Waals surface area contributed by atoms with E-state index >= 15 is 0 Å². The predicted molar refractivity (Wildman–Crippen MR) is 79.8 cm³/mol. The van der Waals surface area contributed by atoms with Crippen LogP contribution in [0.2, 0.25) is 0 Å². The first-order valence-corrected chi connectivity index (χ1v) is 7.07.